The van der Waals surface area contributed by atoms with Gasteiger partial charge in [-0.05, 0) is 41.8 Å². The van der Waals surface area contributed by atoms with Crippen LogP contribution in [0.15, 0.2) is 48.5 Å². The molecule has 1 N–H and O–H groups in total. The molecule has 138 valence electrons. The standard InChI is InChI=1S/C21H26N2O3/c1-25-20-9-4-17(5-10-20)6-11-21(24)22-16-18-2-7-19(8-3-18)23-12-14-26-15-13-23/h2-5,7-10H,6,11-16H2,1H3,(H,22,24). The molecule has 0 unspecified atom stereocenters. The lowest BCUT2D eigenvalue weighted by atomic mass is 10.1. The van der Waals surface area contributed by atoms with E-state index in [1.54, 1.807) is 7.11 Å². The van der Waals surface area contributed by atoms with Crippen molar-refractivity contribution < 1.29 is 14.3 Å². The Morgan fingerprint density at radius 2 is 1.69 bits per heavy atom. The van der Waals surface area contributed by atoms with E-state index in [0.717, 1.165) is 49.6 Å². The lowest BCUT2D eigenvalue weighted by molar-refractivity contribution is -0.121. The Hall–Kier alpha value is -2.53. The number of carbonyl (C=O) groups excluding carboxylic acids is 1. The molecule has 0 saturated carbocycles. The first kappa shape index (κ1) is 18.3. The monoisotopic (exact) mass is 354 g/mol. The molecule has 0 spiro atoms. The molecule has 2 aromatic rings. The highest BCUT2D eigenvalue weighted by Gasteiger charge is 2.10. The molecule has 26 heavy (non-hydrogen) atoms. The van der Waals surface area contributed by atoms with E-state index in [1.807, 2.05) is 24.3 Å². The van der Waals surface area contributed by atoms with Crippen molar-refractivity contribution in [2.45, 2.75) is 19.4 Å². The number of methoxy groups -OCH3 is 1. The Labute approximate surface area is 154 Å². The molecule has 0 aliphatic carbocycles. The van der Waals surface area contributed by atoms with Crippen LogP contribution in [0.1, 0.15) is 17.5 Å². The van der Waals surface area contributed by atoms with Crippen molar-refractivity contribution in [1.82, 2.24) is 5.32 Å². The summed E-state index contributed by atoms with van der Waals surface area (Å²) in [5, 5.41) is 2.99. The first-order valence-corrected chi connectivity index (χ1v) is 9.06. The summed E-state index contributed by atoms with van der Waals surface area (Å²) >= 11 is 0. The molecule has 1 fully saturated rings. The number of ether oxygens (including phenoxy) is 2. The SMILES string of the molecule is COc1ccc(CCC(=O)NCc2ccc(N3CCOCC3)cc2)cc1. The molecule has 1 aliphatic heterocycles. The molecular formula is C21H26N2O3. The van der Waals surface area contributed by atoms with Crippen LogP contribution in [0, 0.1) is 0 Å². The van der Waals surface area contributed by atoms with Gasteiger partial charge in [-0.2, -0.15) is 0 Å². The average Bonchev–Trinajstić information content (AvgIpc) is 2.72. The van der Waals surface area contributed by atoms with E-state index in [0.29, 0.717) is 13.0 Å². The van der Waals surface area contributed by atoms with Gasteiger partial charge in [-0.15, -0.1) is 0 Å². The number of anilines is 1. The Kier molecular flexibility index (Phi) is 6.50. The minimum absolute atomic E-state index is 0.0677. The molecule has 0 aromatic heterocycles. The van der Waals surface area contributed by atoms with Gasteiger partial charge < -0.3 is 19.7 Å². The van der Waals surface area contributed by atoms with Crippen molar-refractivity contribution >= 4 is 11.6 Å². The summed E-state index contributed by atoms with van der Waals surface area (Å²) in [6.45, 7) is 3.99. The first-order chi connectivity index (χ1) is 12.7. The van der Waals surface area contributed by atoms with Crippen molar-refractivity contribution in [2.24, 2.45) is 0 Å². The van der Waals surface area contributed by atoms with Crippen molar-refractivity contribution in [3.63, 3.8) is 0 Å². The van der Waals surface area contributed by atoms with Gasteiger partial charge in [-0.25, -0.2) is 0 Å². The molecule has 0 radical (unpaired) electrons. The molecule has 1 heterocycles. The Balaban J connectivity index is 1.42. The zero-order chi connectivity index (χ0) is 18.2. The summed E-state index contributed by atoms with van der Waals surface area (Å²) in [6.07, 6.45) is 1.21. The maximum Gasteiger partial charge on any atom is 0.220 e. The molecule has 1 saturated heterocycles. The minimum atomic E-state index is 0.0677. The van der Waals surface area contributed by atoms with E-state index in [4.69, 9.17) is 9.47 Å². The third-order valence-corrected chi connectivity index (χ3v) is 4.60. The minimum Gasteiger partial charge on any atom is -0.497 e. The van der Waals surface area contributed by atoms with E-state index in [2.05, 4.69) is 34.5 Å². The van der Waals surface area contributed by atoms with Gasteiger partial charge in [0.1, 0.15) is 5.75 Å². The van der Waals surface area contributed by atoms with Crippen LogP contribution in [-0.2, 0) is 22.5 Å². The highest BCUT2D eigenvalue weighted by Crippen LogP contribution is 2.17. The lowest BCUT2D eigenvalue weighted by Crippen LogP contribution is -2.36. The highest BCUT2D eigenvalue weighted by molar-refractivity contribution is 5.76. The lowest BCUT2D eigenvalue weighted by Gasteiger charge is -2.28. The van der Waals surface area contributed by atoms with Gasteiger partial charge in [0, 0.05) is 31.7 Å². The third-order valence-electron chi connectivity index (χ3n) is 4.60. The Morgan fingerprint density at radius 1 is 1.04 bits per heavy atom. The number of nitrogens with one attached hydrogen (secondary N) is 1. The highest BCUT2D eigenvalue weighted by atomic mass is 16.5. The number of carbonyl (C=O) groups is 1. The van der Waals surface area contributed by atoms with Crippen LogP contribution in [0.2, 0.25) is 0 Å². The van der Waals surface area contributed by atoms with Gasteiger partial charge >= 0.3 is 0 Å². The maximum absolute atomic E-state index is 12.1. The van der Waals surface area contributed by atoms with E-state index in [1.165, 1.54) is 5.69 Å². The fourth-order valence-corrected chi connectivity index (χ4v) is 2.99. The Morgan fingerprint density at radius 3 is 2.35 bits per heavy atom. The Bertz CT molecular complexity index is 692. The summed E-state index contributed by atoms with van der Waals surface area (Å²) in [6, 6.07) is 16.2. The molecule has 0 bridgehead atoms. The van der Waals surface area contributed by atoms with Gasteiger partial charge in [0.25, 0.3) is 0 Å². The predicted molar refractivity (Wildman–Crippen MR) is 103 cm³/mol. The molecule has 1 aliphatic rings. The van der Waals surface area contributed by atoms with Crippen LogP contribution in [0.4, 0.5) is 5.69 Å². The summed E-state index contributed by atoms with van der Waals surface area (Å²) < 4.78 is 10.5. The van der Waals surface area contributed by atoms with Gasteiger partial charge in [0.2, 0.25) is 5.91 Å². The second-order valence-corrected chi connectivity index (χ2v) is 6.39. The summed E-state index contributed by atoms with van der Waals surface area (Å²) in [7, 11) is 1.65. The number of amides is 1. The van der Waals surface area contributed by atoms with Gasteiger partial charge in [0.15, 0.2) is 0 Å². The van der Waals surface area contributed by atoms with Crippen LogP contribution < -0.4 is 15.0 Å². The topological polar surface area (TPSA) is 50.8 Å². The number of morpholine rings is 1. The van der Waals surface area contributed by atoms with E-state index >= 15 is 0 Å². The van der Waals surface area contributed by atoms with Gasteiger partial charge in [-0.3, -0.25) is 4.79 Å². The van der Waals surface area contributed by atoms with E-state index < -0.39 is 0 Å². The number of nitrogens with zero attached hydrogens (tertiary/aromatic N) is 1. The first-order valence-electron chi connectivity index (χ1n) is 9.06. The summed E-state index contributed by atoms with van der Waals surface area (Å²) in [5.41, 5.74) is 3.46. The molecule has 2 aromatic carbocycles. The van der Waals surface area contributed by atoms with Crippen LogP contribution >= 0.6 is 0 Å². The van der Waals surface area contributed by atoms with E-state index in [-0.39, 0.29) is 5.91 Å². The van der Waals surface area contributed by atoms with Crippen LogP contribution in [0.25, 0.3) is 0 Å². The average molecular weight is 354 g/mol. The van der Waals surface area contributed by atoms with Gasteiger partial charge in [0.05, 0.1) is 20.3 Å². The van der Waals surface area contributed by atoms with Crippen LogP contribution in [0.5, 0.6) is 5.75 Å². The largest absolute Gasteiger partial charge is 0.497 e. The third kappa shape index (κ3) is 5.23. The van der Waals surface area contributed by atoms with Gasteiger partial charge in [-0.1, -0.05) is 24.3 Å². The molecule has 5 heteroatoms. The van der Waals surface area contributed by atoms with Crippen LogP contribution in [-0.4, -0.2) is 39.3 Å². The zero-order valence-corrected chi connectivity index (χ0v) is 15.2. The fourth-order valence-electron chi connectivity index (χ4n) is 2.99. The number of hydrogen-bond acceptors (Lipinski definition) is 4. The molecule has 5 nitrogen and oxygen atoms in total. The predicted octanol–water partition coefficient (Wildman–Crippen LogP) is 2.78. The normalized spacial score (nSPS) is 14.1. The number of aryl methyl sites for hydroxylation is 1. The molecule has 3 rings (SSSR count). The number of benzene rings is 2. The second kappa shape index (κ2) is 9.25. The van der Waals surface area contributed by atoms with Crippen molar-refractivity contribution in [3.8, 4) is 5.75 Å². The smallest absolute Gasteiger partial charge is 0.220 e. The fraction of sp³-hybridized carbons (Fsp3) is 0.381. The summed E-state index contributed by atoms with van der Waals surface area (Å²) in [4.78, 5) is 14.4. The second-order valence-electron chi connectivity index (χ2n) is 6.39. The van der Waals surface area contributed by atoms with Crippen molar-refractivity contribution in [3.05, 3.63) is 59.7 Å². The molecular weight excluding hydrogens is 328 g/mol. The quantitative estimate of drug-likeness (QED) is 0.831. The molecule has 1 amide bonds. The van der Waals surface area contributed by atoms with E-state index in [9.17, 15) is 4.79 Å². The van der Waals surface area contributed by atoms with Crippen molar-refractivity contribution in [1.29, 1.82) is 0 Å². The summed E-state index contributed by atoms with van der Waals surface area (Å²) in [5.74, 6) is 0.900. The number of rotatable bonds is 7. The van der Waals surface area contributed by atoms with Crippen molar-refractivity contribution in [2.75, 3.05) is 38.3 Å². The number of hydrogen-bond donors (Lipinski definition) is 1. The maximum atomic E-state index is 12.1. The van der Waals surface area contributed by atoms with Crippen LogP contribution in [0.3, 0.4) is 0 Å². The molecule has 0 atom stereocenters. The zero-order valence-electron chi connectivity index (χ0n) is 15.2.